The number of hydrogen-bond donors (Lipinski definition) is 0. The van der Waals surface area contributed by atoms with Crippen LogP contribution in [0.2, 0.25) is 0 Å². The van der Waals surface area contributed by atoms with Gasteiger partial charge in [-0.1, -0.05) is 24.1 Å². The first kappa shape index (κ1) is 19.1. The summed E-state index contributed by atoms with van der Waals surface area (Å²) in [5, 5.41) is 10.1. The van der Waals surface area contributed by atoms with Crippen molar-refractivity contribution in [2.75, 3.05) is 0 Å². The molecule has 0 aliphatic carbocycles. The van der Waals surface area contributed by atoms with Gasteiger partial charge in [0, 0.05) is 19.1 Å². The van der Waals surface area contributed by atoms with Gasteiger partial charge in [0.25, 0.3) is 5.69 Å². The molecule has 0 bridgehead atoms. The molecule has 8 heteroatoms. The Balaban J connectivity index is 0.000000238. The summed E-state index contributed by atoms with van der Waals surface area (Å²) >= 11 is -0.0344. The molecule has 0 spiro atoms. The van der Waals surface area contributed by atoms with Gasteiger partial charge < -0.3 is 4.55 Å². The predicted octanol–water partition coefficient (Wildman–Crippen LogP) is -0.575. The Hall–Kier alpha value is -1.96. The molecule has 2 rings (SSSR count). The maximum absolute atomic E-state index is 10.4. The van der Waals surface area contributed by atoms with E-state index in [4.69, 9.17) is 0 Å². The molecule has 0 atom stereocenters. The van der Waals surface area contributed by atoms with Crippen LogP contribution in [0.3, 0.4) is 0 Å². The Bertz CT molecular complexity index is 808. The average molecular weight is 445 g/mol. The highest BCUT2D eigenvalue weighted by Gasteiger charge is 2.06. The van der Waals surface area contributed by atoms with Crippen molar-refractivity contribution >= 4 is 15.8 Å². The van der Waals surface area contributed by atoms with Crippen molar-refractivity contribution in [2.24, 2.45) is 0 Å². The lowest BCUT2D eigenvalue weighted by molar-refractivity contribution is -0.535. The van der Waals surface area contributed by atoms with Gasteiger partial charge in [-0.15, -0.1) is 0 Å². The number of hydrogen-bond acceptors (Lipinski definition) is 5. The quantitative estimate of drug-likeness (QED) is 0.207. The molecule has 23 heavy (non-hydrogen) atoms. The summed E-state index contributed by atoms with van der Waals surface area (Å²) in [5.74, 6) is 2.92. The van der Waals surface area contributed by atoms with Crippen LogP contribution < -0.4 is 21.2 Å². The minimum absolute atomic E-state index is 0.0344. The first-order valence-electron chi connectivity index (χ1n) is 6.15. The summed E-state index contributed by atoms with van der Waals surface area (Å²) in [7, 11) is -4.52. The fraction of sp³-hybridized carbons (Fsp3) is 0.0667. The van der Waals surface area contributed by atoms with Crippen LogP contribution in [0.1, 0.15) is 6.92 Å². The standard InChI is InChI=1S/C9H8I.C6H5NO5S/c1-2-8-10-9-6-4-3-5-7-9;8-7(9)5-1-3-6(4-2-5)13(10,11)12/h3-7H,1H3;1-4H,(H,10,11,12)/q+1;/p-1. The average Bonchev–Trinajstić information content (AvgIpc) is 2.54. The summed E-state index contributed by atoms with van der Waals surface area (Å²) in [6, 6.07) is 14.2. The molecular formula is C15H12INO5S. The van der Waals surface area contributed by atoms with E-state index in [1.54, 1.807) is 0 Å². The van der Waals surface area contributed by atoms with Crippen LogP contribution in [0.25, 0.3) is 0 Å². The second kappa shape index (κ2) is 9.24. The molecule has 2 aromatic carbocycles. The SMILES string of the molecule is CC#C[I+]c1ccccc1.O=[N+]([O-])c1ccc(S(=O)(=O)[O-])cc1. The van der Waals surface area contributed by atoms with E-state index in [1.165, 1.54) is 3.57 Å². The van der Waals surface area contributed by atoms with E-state index in [0.29, 0.717) is 0 Å². The van der Waals surface area contributed by atoms with Crippen LogP contribution in [0.15, 0.2) is 59.5 Å². The van der Waals surface area contributed by atoms with Crippen LogP contribution in [-0.2, 0) is 10.1 Å². The van der Waals surface area contributed by atoms with Crippen molar-refractivity contribution in [1.82, 2.24) is 0 Å². The second-order valence-corrected chi connectivity index (χ2v) is 7.64. The van der Waals surface area contributed by atoms with Gasteiger partial charge in [-0.3, -0.25) is 10.1 Å². The Labute approximate surface area is 144 Å². The van der Waals surface area contributed by atoms with E-state index < -0.39 is 19.9 Å². The summed E-state index contributed by atoms with van der Waals surface area (Å²) in [4.78, 5) is 8.99. The number of nitro benzene ring substituents is 1. The molecule has 0 saturated carbocycles. The normalized spacial score (nSPS) is 9.83. The molecule has 0 N–H and O–H groups in total. The highest BCUT2D eigenvalue weighted by atomic mass is 127. The van der Waals surface area contributed by atoms with Gasteiger partial charge in [0.1, 0.15) is 10.1 Å². The molecule has 0 aromatic heterocycles. The molecule has 0 heterocycles. The molecule has 0 aliphatic heterocycles. The molecule has 6 nitrogen and oxygen atoms in total. The zero-order valence-corrected chi connectivity index (χ0v) is 14.9. The van der Waals surface area contributed by atoms with Crippen LogP contribution >= 0.6 is 0 Å². The third-order valence-corrected chi connectivity index (χ3v) is 5.32. The highest BCUT2D eigenvalue weighted by molar-refractivity contribution is 7.85. The Morgan fingerprint density at radius 1 is 1.04 bits per heavy atom. The number of benzene rings is 2. The van der Waals surface area contributed by atoms with E-state index in [0.717, 1.165) is 24.3 Å². The maximum atomic E-state index is 10.4. The van der Waals surface area contributed by atoms with Crippen molar-refractivity contribution in [3.8, 4) is 9.85 Å². The van der Waals surface area contributed by atoms with Crippen LogP contribution in [0.4, 0.5) is 5.69 Å². The number of halogens is 1. The van der Waals surface area contributed by atoms with Gasteiger partial charge in [-0.25, -0.2) is 8.42 Å². The predicted molar refractivity (Wildman–Crippen MR) is 79.6 cm³/mol. The molecule has 2 aromatic rings. The lowest BCUT2D eigenvalue weighted by atomic mass is 10.3. The molecule has 0 unspecified atom stereocenters. The summed E-state index contributed by atoms with van der Waals surface area (Å²) in [6.45, 7) is 1.89. The Morgan fingerprint density at radius 2 is 1.61 bits per heavy atom. The molecule has 0 radical (unpaired) electrons. The molecule has 0 aliphatic rings. The Morgan fingerprint density at radius 3 is 2.04 bits per heavy atom. The van der Waals surface area contributed by atoms with Gasteiger partial charge in [0.2, 0.25) is 3.57 Å². The topological polar surface area (TPSA) is 100 Å². The van der Waals surface area contributed by atoms with Crippen molar-refractivity contribution < 1.29 is 39.1 Å². The minimum Gasteiger partial charge on any atom is -0.744 e. The molecule has 0 saturated heterocycles. The number of nitrogens with zero attached hydrogens (tertiary/aromatic N) is 1. The van der Waals surface area contributed by atoms with Crippen LogP contribution in [0.5, 0.6) is 0 Å². The molecule has 120 valence electrons. The lowest BCUT2D eigenvalue weighted by Crippen LogP contribution is -3.59. The number of non-ortho nitro benzene ring substituents is 1. The van der Waals surface area contributed by atoms with Gasteiger partial charge in [-0.05, 0) is 24.3 Å². The van der Waals surface area contributed by atoms with Crippen LogP contribution in [-0.4, -0.2) is 17.9 Å². The van der Waals surface area contributed by atoms with E-state index in [1.807, 2.05) is 13.0 Å². The van der Waals surface area contributed by atoms with E-state index >= 15 is 0 Å². The molecule has 0 fully saturated rings. The highest BCUT2D eigenvalue weighted by Crippen LogP contribution is 2.14. The third kappa shape index (κ3) is 7.23. The number of nitro groups is 1. The summed E-state index contributed by atoms with van der Waals surface area (Å²) in [5.41, 5.74) is -0.257. The molecule has 0 amide bonds. The lowest BCUT2D eigenvalue weighted by Gasteiger charge is -2.04. The van der Waals surface area contributed by atoms with E-state index in [9.17, 15) is 23.1 Å². The van der Waals surface area contributed by atoms with Crippen LogP contribution in [0, 0.1) is 23.5 Å². The summed E-state index contributed by atoms with van der Waals surface area (Å²) in [6.07, 6.45) is 0. The fourth-order valence-corrected chi connectivity index (χ4v) is 3.14. The fourth-order valence-electron chi connectivity index (χ4n) is 1.31. The zero-order chi connectivity index (χ0) is 17.3. The van der Waals surface area contributed by atoms with E-state index in [-0.39, 0.29) is 26.9 Å². The van der Waals surface area contributed by atoms with E-state index in [2.05, 4.69) is 34.1 Å². The van der Waals surface area contributed by atoms with Gasteiger partial charge in [0.05, 0.1) is 9.82 Å². The summed E-state index contributed by atoms with van der Waals surface area (Å²) < 4.78 is 35.7. The first-order chi connectivity index (χ1) is 10.8. The monoisotopic (exact) mass is 445 g/mol. The van der Waals surface area contributed by atoms with Gasteiger partial charge in [0.15, 0.2) is 3.93 Å². The first-order valence-corrected chi connectivity index (χ1v) is 9.72. The van der Waals surface area contributed by atoms with Crippen molar-refractivity contribution in [3.05, 3.63) is 68.3 Å². The van der Waals surface area contributed by atoms with Crippen molar-refractivity contribution in [2.45, 2.75) is 11.8 Å². The Kier molecular flexibility index (Phi) is 7.67. The van der Waals surface area contributed by atoms with Gasteiger partial charge >= 0.3 is 21.2 Å². The van der Waals surface area contributed by atoms with Gasteiger partial charge in [-0.2, -0.15) is 0 Å². The molecular weight excluding hydrogens is 433 g/mol. The largest absolute Gasteiger partial charge is 0.744 e. The smallest absolute Gasteiger partial charge is 0.419 e. The second-order valence-electron chi connectivity index (χ2n) is 3.94. The third-order valence-electron chi connectivity index (χ3n) is 2.32. The number of rotatable bonds is 3. The zero-order valence-electron chi connectivity index (χ0n) is 12.0. The van der Waals surface area contributed by atoms with Crippen molar-refractivity contribution in [1.29, 1.82) is 0 Å². The minimum atomic E-state index is -4.52. The maximum Gasteiger partial charge on any atom is 0.419 e. The van der Waals surface area contributed by atoms with Crippen molar-refractivity contribution in [3.63, 3.8) is 0 Å².